The fourth-order valence-electron chi connectivity index (χ4n) is 0.900. The molecule has 0 aliphatic rings. The molecule has 0 unspecified atom stereocenters. The third kappa shape index (κ3) is 13.2. The van der Waals surface area contributed by atoms with Gasteiger partial charge in [-0.2, -0.15) is 19.6 Å². The van der Waals surface area contributed by atoms with Gasteiger partial charge >= 0.3 is 0 Å². The molecule has 122 valence electrons. The van der Waals surface area contributed by atoms with Gasteiger partial charge in [-0.05, 0) is 0 Å². The smallest absolute Gasteiger partial charge is 0 e. The van der Waals surface area contributed by atoms with Crippen LogP contribution in [0.25, 0.3) is 0 Å². The zero-order chi connectivity index (χ0) is 16.0. The van der Waals surface area contributed by atoms with Crippen molar-refractivity contribution in [3.8, 4) is 0 Å². The van der Waals surface area contributed by atoms with Crippen molar-refractivity contribution in [2.75, 3.05) is 0 Å². The molecule has 0 saturated heterocycles. The molecule has 0 radical (unpaired) electrons. The largest absolute Gasteiger partial charge is 0.781 e. The minimum Gasteiger partial charge on any atom is -0.781 e. The Morgan fingerprint density at radius 1 is 0.476 bits per heavy atom. The number of hydrogen-bond donors (Lipinski definition) is 0. The third-order valence-electron chi connectivity index (χ3n) is 1.70. The first-order chi connectivity index (χ1) is 9.61. The van der Waals surface area contributed by atoms with Crippen LogP contribution in [0.2, 0.25) is 0 Å². The summed E-state index contributed by atoms with van der Waals surface area (Å²) in [5.41, 5.74) is 0. The van der Waals surface area contributed by atoms with E-state index >= 15 is 0 Å². The van der Waals surface area contributed by atoms with E-state index in [1.165, 1.54) is 0 Å². The molecule has 0 fully saturated rings. The summed E-state index contributed by atoms with van der Waals surface area (Å²) in [7, 11) is 0. The molecule has 0 atom stereocenters. The Morgan fingerprint density at radius 3 is 0.714 bits per heavy atom. The molecule has 0 spiro atoms. The van der Waals surface area contributed by atoms with Crippen LogP contribution in [0.15, 0.2) is 68.1 Å². The van der Waals surface area contributed by atoms with Crippen LogP contribution in [0.4, 0.5) is 0 Å². The molecule has 0 heterocycles. The molecule has 0 amide bonds. The van der Waals surface area contributed by atoms with Crippen molar-refractivity contribution < 1.29 is 16.5 Å². The molecule has 2 aromatic carbocycles. The molecule has 0 aliphatic heterocycles. The normalized spacial score (nSPS) is 7.43. The van der Waals surface area contributed by atoms with Crippen LogP contribution in [-0.4, -0.2) is 0 Å². The minimum atomic E-state index is 0. The van der Waals surface area contributed by atoms with Gasteiger partial charge in [0.25, 0.3) is 0 Å². The van der Waals surface area contributed by atoms with E-state index < -0.39 is 0 Å². The monoisotopic (exact) mass is 398 g/mol. The van der Waals surface area contributed by atoms with Gasteiger partial charge in [-0.15, -0.1) is 0 Å². The van der Waals surface area contributed by atoms with E-state index in [0.29, 0.717) is 0 Å². The maximum absolute atomic E-state index is 4.85. The number of rotatable bonds is 0. The first kappa shape index (κ1) is 25.7. The second-order valence-corrected chi connectivity index (χ2v) is 4.65. The van der Waals surface area contributed by atoms with Gasteiger partial charge in [0.1, 0.15) is 0 Å². The van der Waals surface area contributed by atoms with Crippen LogP contribution in [-0.2, 0) is 67.0 Å². The number of benzene rings is 2. The van der Waals surface area contributed by atoms with Gasteiger partial charge in [-0.1, -0.05) is 76.2 Å². The third-order valence-corrected chi connectivity index (χ3v) is 3.38. The summed E-state index contributed by atoms with van der Waals surface area (Å²) in [4.78, 5) is 3.06. The Balaban J connectivity index is -0.000000240. The van der Waals surface area contributed by atoms with Crippen LogP contribution in [0, 0.1) is 0 Å². The van der Waals surface area contributed by atoms with Crippen LogP contribution in [0.3, 0.4) is 0 Å². The summed E-state index contributed by atoms with van der Waals surface area (Å²) < 4.78 is 0. The Morgan fingerprint density at radius 2 is 0.619 bits per heavy atom. The molecule has 5 heteroatoms. The molecule has 0 bridgehead atoms. The Kier molecular flexibility index (Phi) is 21.9. The molecule has 21 heavy (non-hydrogen) atoms. The quantitative estimate of drug-likeness (QED) is 0.449. The van der Waals surface area contributed by atoms with Crippen LogP contribution in [0.5, 0.6) is 0 Å². The standard InChI is InChI=1S/2C6H6S2.2C2H6.Ni/c2*7-5-3-1-2-4-6(5)8;2*1-2;/h2*1-4,7-8H;2*1-2H3;/p-4. The van der Waals surface area contributed by atoms with Crippen molar-refractivity contribution >= 4 is 50.5 Å². The summed E-state index contributed by atoms with van der Waals surface area (Å²) in [6.07, 6.45) is 0. The van der Waals surface area contributed by atoms with Crippen LogP contribution >= 0.6 is 0 Å². The predicted molar refractivity (Wildman–Crippen MR) is 98.1 cm³/mol. The van der Waals surface area contributed by atoms with Gasteiger partial charge in [0.15, 0.2) is 0 Å². The predicted octanol–water partition coefficient (Wildman–Crippen LogP) is 5.05. The number of hydrogen-bond acceptors (Lipinski definition) is 4. The molecular weight excluding hydrogens is 379 g/mol. The Labute approximate surface area is 162 Å². The van der Waals surface area contributed by atoms with Gasteiger partial charge in [0, 0.05) is 16.5 Å². The molecule has 0 saturated carbocycles. The average Bonchev–Trinajstić information content (AvgIpc) is 2.50. The van der Waals surface area contributed by atoms with Gasteiger partial charge in [-0.25, -0.2) is 0 Å². The summed E-state index contributed by atoms with van der Waals surface area (Å²) in [6, 6.07) is 14.9. The van der Waals surface area contributed by atoms with Crippen molar-refractivity contribution in [1.82, 2.24) is 0 Å². The average molecular weight is 399 g/mol. The minimum absolute atomic E-state index is 0. The second-order valence-electron chi connectivity index (χ2n) is 2.89. The molecular formula is C16H20NiS4-4. The zero-order valence-corrected chi connectivity index (χ0v) is 16.8. The van der Waals surface area contributed by atoms with Crippen LogP contribution < -0.4 is 0 Å². The topological polar surface area (TPSA) is 0 Å². The molecule has 2 aromatic rings. The molecule has 0 aliphatic carbocycles. The van der Waals surface area contributed by atoms with E-state index in [9.17, 15) is 0 Å². The summed E-state index contributed by atoms with van der Waals surface area (Å²) in [6.45, 7) is 8.00. The van der Waals surface area contributed by atoms with E-state index in [-0.39, 0.29) is 16.5 Å². The summed E-state index contributed by atoms with van der Waals surface area (Å²) in [5.74, 6) is 0. The second kappa shape index (κ2) is 17.9. The van der Waals surface area contributed by atoms with Crippen molar-refractivity contribution in [1.29, 1.82) is 0 Å². The molecule has 2 rings (SSSR count). The van der Waals surface area contributed by atoms with Gasteiger partial charge in [-0.3, -0.25) is 0 Å². The molecule has 0 N–H and O–H groups in total. The van der Waals surface area contributed by atoms with Crippen molar-refractivity contribution in [2.45, 2.75) is 47.3 Å². The Hall–Kier alpha value is -0.186. The summed E-state index contributed by atoms with van der Waals surface area (Å²) in [5, 5.41) is 0. The first-order valence-electron chi connectivity index (χ1n) is 6.47. The van der Waals surface area contributed by atoms with E-state index in [1.807, 2.05) is 76.2 Å². The van der Waals surface area contributed by atoms with E-state index in [0.717, 1.165) is 19.6 Å². The SMILES string of the molecule is CC.CC.[Ni].[S-]c1ccccc1[S-].[S-]c1ccccc1[S-]. The maximum Gasteiger partial charge on any atom is 0 e. The van der Waals surface area contributed by atoms with Gasteiger partial charge in [0.05, 0.1) is 0 Å². The maximum atomic E-state index is 4.85. The van der Waals surface area contributed by atoms with Crippen LogP contribution in [0.1, 0.15) is 27.7 Å². The summed E-state index contributed by atoms with van der Waals surface area (Å²) >= 11 is 19.4. The van der Waals surface area contributed by atoms with E-state index in [4.69, 9.17) is 50.5 Å². The van der Waals surface area contributed by atoms with E-state index in [1.54, 1.807) is 0 Å². The van der Waals surface area contributed by atoms with Crippen molar-refractivity contribution in [3.05, 3.63) is 48.5 Å². The first-order valence-corrected chi connectivity index (χ1v) is 8.10. The molecule has 0 nitrogen and oxygen atoms in total. The zero-order valence-electron chi connectivity index (χ0n) is 12.6. The van der Waals surface area contributed by atoms with Crippen molar-refractivity contribution in [2.24, 2.45) is 0 Å². The molecule has 0 aromatic heterocycles. The van der Waals surface area contributed by atoms with Gasteiger partial charge < -0.3 is 50.5 Å². The Bertz CT molecular complexity index is 376. The van der Waals surface area contributed by atoms with Gasteiger partial charge in [0.2, 0.25) is 0 Å². The van der Waals surface area contributed by atoms with E-state index in [2.05, 4.69) is 0 Å². The fourth-order valence-corrected chi connectivity index (χ4v) is 1.49. The fraction of sp³-hybridized carbons (Fsp3) is 0.250. The van der Waals surface area contributed by atoms with Crippen molar-refractivity contribution in [3.63, 3.8) is 0 Å².